The van der Waals surface area contributed by atoms with E-state index in [0.29, 0.717) is 18.5 Å². The number of nitrogens with one attached hydrogen (secondary N) is 1. The summed E-state index contributed by atoms with van der Waals surface area (Å²) in [5.74, 6) is 0.323. The molecule has 5 heteroatoms. The fraction of sp³-hybridized carbons (Fsp3) is 0.938. The highest BCUT2D eigenvalue weighted by Crippen LogP contribution is 2.19. The van der Waals surface area contributed by atoms with Crippen molar-refractivity contribution in [1.29, 1.82) is 0 Å². The Morgan fingerprint density at radius 1 is 1.24 bits per heavy atom. The highest BCUT2D eigenvalue weighted by atomic mass is 16.2. The smallest absolute Gasteiger partial charge is 0.236 e. The third kappa shape index (κ3) is 5.24. The van der Waals surface area contributed by atoms with Crippen LogP contribution in [0.15, 0.2) is 0 Å². The standard InChI is InChI=1S/C16H32N4O/c1-3-15-6-4-5-9-20(15)16(21)14-18(2)12-13-19-10-7-17-8-11-19/h15,17H,3-14H2,1-2H3. The molecule has 122 valence electrons. The Morgan fingerprint density at radius 2 is 2.00 bits per heavy atom. The Labute approximate surface area is 129 Å². The number of carbonyl (C=O) groups excluding carboxylic acids is 1. The highest BCUT2D eigenvalue weighted by molar-refractivity contribution is 5.78. The van der Waals surface area contributed by atoms with E-state index >= 15 is 0 Å². The van der Waals surface area contributed by atoms with Gasteiger partial charge in [-0.15, -0.1) is 0 Å². The van der Waals surface area contributed by atoms with E-state index in [4.69, 9.17) is 0 Å². The quantitative estimate of drug-likeness (QED) is 0.780. The largest absolute Gasteiger partial charge is 0.339 e. The zero-order valence-electron chi connectivity index (χ0n) is 13.8. The molecule has 5 nitrogen and oxygen atoms in total. The van der Waals surface area contributed by atoms with Crippen molar-refractivity contribution in [3.63, 3.8) is 0 Å². The number of likely N-dealkylation sites (tertiary alicyclic amines) is 1. The Bertz CT molecular complexity index is 317. The van der Waals surface area contributed by atoms with Crippen molar-refractivity contribution in [3.05, 3.63) is 0 Å². The van der Waals surface area contributed by atoms with Crippen LogP contribution in [0.3, 0.4) is 0 Å². The van der Waals surface area contributed by atoms with E-state index in [1.807, 2.05) is 0 Å². The molecule has 2 heterocycles. The summed E-state index contributed by atoms with van der Waals surface area (Å²) in [5, 5.41) is 3.37. The van der Waals surface area contributed by atoms with Gasteiger partial charge in [0.05, 0.1) is 6.54 Å². The van der Waals surface area contributed by atoms with Gasteiger partial charge < -0.3 is 10.2 Å². The maximum absolute atomic E-state index is 12.5. The van der Waals surface area contributed by atoms with Gasteiger partial charge in [-0.3, -0.25) is 14.6 Å². The number of nitrogens with zero attached hydrogens (tertiary/aromatic N) is 3. The maximum atomic E-state index is 12.5. The molecule has 1 N–H and O–H groups in total. The summed E-state index contributed by atoms with van der Waals surface area (Å²) in [5.41, 5.74) is 0. The molecule has 2 aliphatic rings. The van der Waals surface area contributed by atoms with Gasteiger partial charge in [-0.25, -0.2) is 0 Å². The minimum Gasteiger partial charge on any atom is -0.339 e. The van der Waals surface area contributed by atoms with Gasteiger partial charge in [0.1, 0.15) is 0 Å². The van der Waals surface area contributed by atoms with Crippen molar-refractivity contribution in [3.8, 4) is 0 Å². The number of amides is 1. The molecule has 2 aliphatic heterocycles. The summed E-state index contributed by atoms with van der Waals surface area (Å²) >= 11 is 0. The molecular formula is C16H32N4O. The Hall–Kier alpha value is -0.650. The Balaban J connectivity index is 1.70. The second kappa shape index (κ2) is 8.71. The first-order chi connectivity index (χ1) is 10.2. The molecule has 0 aromatic heterocycles. The molecule has 0 radical (unpaired) electrons. The van der Waals surface area contributed by atoms with Crippen molar-refractivity contribution in [2.24, 2.45) is 0 Å². The minimum atomic E-state index is 0.323. The van der Waals surface area contributed by atoms with Crippen molar-refractivity contribution < 1.29 is 4.79 Å². The summed E-state index contributed by atoms with van der Waals surface area (Å²) < 4.78 is 0. The van der Waals surface area contributed by atoms with Crippen LogP contribution >= 0.6 is 0 Å². The molecule has 2 fully saturated rings. The van der Waals surface area contributed by atoms with E-state index in [-0.39, 0.29) is 0 Å². The monoisotopic (exact) mass is 296 g/mol. The zero-order chi connectivity index (χ0) is 15.1. The molecule has 0 spiro atoms. The van der Waals surface area contributed by atoms with Crippen LogP contribution in [-0.4, -0.2) is 86.1 Å². The molecular weight excluding hydrogens is 264 g/mol. The van der Waals surface area contributed by atoms with Gasteiger partial charge in [-0.05, 0) is 32.7 Å². The lowest BCUT2D eigenvalue weighted by molar-refractivity contribution is -0.135. The topological polar surface area (TPSA) is 38.8 Å². The van der Waals surface area contributed by atoms with Crippen molar-refractivity contribution in [1.82, 2.24) is 20.0 Å². The van der Waals surface area contributed by atoms with Crippen molar-refractivity contribution in [2.45, 2.75) is 38.6 Å². The Kier molecular flexibility index (Phi) is 6.93. The average Bonchev–Trinajstić information content (AvgIpc) is 2.53. The first kappa shape index (κ1) is 16.7. The second-order valence-corrected chi connectivity index (χ2v) is 6.47. The predicted molar refractivity (Wildman–Crippen MR) is 86.4 cm³/mol. The molecule has 1 atom stereocenters. The lowest BCUT2D eigenvalue weighted by Crippen LogP contribution is -2.49. The van der Waals surface area contributed by atoms with Gasteiger partial charge in [-0.1, -0.05) is 6.92 Å². The first-order valence-electron chi connectivity index (χ1n) is 8.61. The second-order valence-electron chi connectivity index (χ2n) is 6.47. The average molecular weight is 296 g/mol. The van der Waals surface area contributed by atoms with Gasteiger partial charge in [0.15, 0.2) is 0 Å². The molecule has 0 aromatic carbocycles. The molecule has 2 saturated heterocycles. The van der Waals surface area contributed by atoms with Crippen molar-refractivity contribution >= 4 is 5.91 Å². The molecule has 1 amide bonds. The number of hydrogen-bond donors (Lipinski definition) is 1. The molecule has 2 rings (SSSR count). The van der Waals surface area contributed by atoms with Crippen LogP contribution in [0.4, 0.5) is 0 Å². The zero-order valence-corrected chi connectivity index (χ0v) is 13.8. The SMILES string of the molecule is CCC1CCCCN1C(=O)CN(C)CCN1CCNCC1. The number of likely N-dealkylation sites (N-methyl/N-ethyl adjacent to an activating group) is 1. The normalized spacial score (nSPS) is 24.5. The van der Waals surface area contributed by atoms with Crippen LogP contribution in [0.5, 0.6) is 0 Å². The molecule has 0 aromatic rings. The van der Waals surface area contributed by atoms with Crippen molar-refractivity contribution in [2.75, 3.05) is 59.4 Å². The molecule has 0 bridgehead atoms. The number of piperazine rings is 1. The number of piperidine rings is 1. The maximum Gasteiger partial charge on any atom is 0.236 e. The predicted octanol–water partition coefficient (Wildman–Crippen LogP) is 0.615. The number of carbonyl (C=O) groups is 1. The van der Waals surface area contributed by atoms with E-state index in [2.05, 4.69) is 34.0 Å². The molecule has 21 heavy (non-hydrogen) atoms. The van der Waals surface area contributed by atoms with E-state index in [1.54, 1.807) is 0 Å². The van der Waals surface area contributed by atoms with Crippen LogP contribution in [0.1, 0.15) is 32.6 Å². The van der Waals surface area contributed by atoms with Crippen LogP contribution in [0.2, 0.25) is 0 Å². The van der Waals surface area contributed by atoms with Gasteiger partial charge in [0.25, 0.3) is 0 Å². The third-order valence-electron chi connectivity index (χ3n) is 4.83. The van der Waals surface area contributed by atoms with Crippen LogP contribution < -0.4 is 5.32 Å². The molecule has 1 unspecified atom stereocenters. The van der Waals surface area contributed by atoms with Crippen LogP contribution in [0.25, 0.3) is 0 Å². The third-order valence-corrected chi connectivity index (χ3v) is 4.83. The van der Waals surface area contributed by atoms with E-state index in [1.165, 1.54) is 19.3 Å². The molecule has 0 aliphatic carbocycles. The van der Waals surface area contributed by atoms with E-state index in [0.717, 1.165) is 52.2 Å². The fourth-order valence-corrected chi connectivity index (χ4v) is 3.40. The summed E-state index contributed by atoms with van der Waals surface area (Å²) in [4.78, 5) is 19.3. The summed E-state index contributed by atoms with van der Waals surface area (Å²) in [6.45, 7) is 10.2. The summed E-state index contributed by atoms with van der Waals surface area (Å²) in [7, 11) is 2.07. The lowest BCUT2D eigenvalue weighted by Gasteiger charge is -2.36. The van der Waals surface area contributed by atoms with Gasteiger partial charge >= 0.3 is 0 Å². The number of hydrogen-bond acceptors (Lipinski definition) is 4. The number of rotatable bonds is 6. The van der Waals surface area contributed by atoms with Crippen LogP contribution in [-0.2, 0) is 4.79 Å². The minimum absolute atomic E-state index is 0.323. The van der Waals surface area contributed by atoms with E-state index < -0.39 is 0 Å². The Morgan fingerprint density at radius 3 is 2.71 bits per heavy atom. The molecule has 0 saturated carbocycles. The van der Waals surface area contributed by atoms with Crippen LogP contribution in [0, 0.1) is 0 Å². The van der Waals surface area contributed by atoms with Gasteiger partial charge in [0.2, 0.25) is 5.91 Å². The summed E-state index contributed by atoms with van der Waals surface area (Å²) in [6, 6.07) is 0.479. The first-order valence-corrected chi connectivity index (χ1v) is 8.61. The summed E-state index contributed by atoms with van der Waals surface area (Å²) in [6.07, 6.45) is 4.73. The fourth-order valence-electron chi connectivity index (χ4n) is 3.40. The van der Waals surface area contributed by atoms with E-state index in [9.17, 15) is 4.79 Å². The highest BCUT2D eigenvalue weighted by Gasteiger charge is 2.25. The van der Waals surface area contributed by atoms with Gasteiger partial charge in [0, 0.05) is 51.9 Å². The van der Waals surface area contributed by atoms with Gasteiger partial charge in [-0.2, -0.15) is 0 Å². The lowest BCUT2D eigenvalue weighted by atomic mass is 10.00.